The van der Waals surface area contributed by atoms with Crippen LogP contribution in [0.15, 0.2) is 18.6 Å². The number of piperazine rings is 1. The van der Waals surface area contributed by atoms with E-state index in [1.165, 1.54) is 0 Å². The van der Waals surface area contributed by atoms with Gasteiger partial charge in [-0.15, -0.1) is 0 Å². The van der Waals surface area contributed by atoms with Crippen molar-refractivity contribution in [2.45, 2.75) is 6.04 Å². The SMILES string of the molecule is COC[C@H]1CNCCN1c1ccncn1. The van der Waals surface area contributed by atoms with Gasteiger partial charge in [-0.3, -0.25) is 0 Å². The van der Waals surface area contributed by atoms with Gasteiger partial charge in [0.2, 0.25) is 0 Å². The van der Waals surface area contributed by atoms with Crippen LogP contribution in [0, 0.1) is 0 Å². The number of anilines is 1. The third-order valence-electron chi connectivity index (χ3n) is 2.57. The number of nitrogens with zero attached hydrogens (tertiary/aromatic N) is 3. The molecular weight excluding hydrogens is 192 g/mol. The minimum atomic E-state index is 0.360. The van der Waals surface area contributed by atoms with Crippen LogP contribution >= 0.6 is 0 Å². The van der Waals surface area contributed by atoms with Gasteiger partial charge in [-0.2, -0.15) is 0 Å². The highest BCUT2D eigenvalue weighted by Gasteiger charge is 2.22. The zero-order chi connectivity index (χ0) is 10.5. The highest BCUT2D eigenvalue weighted by Crippen LogP contribution is 2.14. The Morgan fingerprint density at radius 3 is 3.33 bits per heavy atom. The smallest absolute Gasteiger partial charge is 0.132 e. The van der Waals surface area contributed by atoms with Gasteiger partial charge in [0.1, 0.15) is 12.1 Å². The Morgan fingerprint density at radius 1 is 1.67 bits per heavy atom. The third kappa shape index (κ3) is 2.43. The summed E-state index contributed by atoms with van der Waals surface area (Å²) in [5, 5.41) is 3.35. The molecule has 0 saturated carbocycles. The molecule has 5 heteroatoms. The van der Waals surface area contributed by atoms with E-state index < -0.39 is 0 Å². The lowest BCUT2D eigenvalue weighted by Crippen LogP contribution is -2.53. The molecule has 0 unspecified atom stereocenters. The van der Waals surface area contributed by atoms with E-state index >= 15 is 0 Å². The van der Waals surface area contributed by atoms with Gasteiger partial charge in [0, 0.05) is 32.9 Å². The third-order valence-corrected chi connectivity index (χ3v) is 2.57. The number of hydrogen-bond acceptors (Lipinski definition) is 5. The van der Waals surface area contributed by atoms with Crippen LogP contribution in [0.25, 0.3) is 0 Å². The molecule has 1 aromatic heterocycles. The highest BCUT2D eigenvalue weighted by atomic mass is 16.5. The number of aromatic nitrogens is 2. The first-order valence-electron chi connectivity index (χ1n) is 5.14. The van der Waals surface area contributed by atoms with Crippen molar-refractivity contribution in [3.05, 3.63) is 18.6 Å². The Hall–Kier alpha value is -1.20. The molecule has 0 aromatic carbocycles. The van der Waals surface area contributed by atoms with Crippen molar-refractivity contribution in [2.75, 3.05) is 38.3 Å². The molecule has 1 N–H and O–H groups in total. The molecule has 15 heavy (non-hydrogen) atoms. The normalized spacial score (nSPS) is 21.7. The van der Waals surface area contributed by atoms with Crippen molar-refractivity contribution in [3.63, 3.8) is 0 Å². The molecule has 1 fully saturated rings. The number of rotatable bonds is 3. The van der Waals surface area contributed by atoms with Crippen LogP contribution in [0.4, 0.5) is 5.82 Å². The summed E-state index contributed by atoms with van der Waals surface area (Å²) in [6.07, 6.45) is 3.36. The molecule has 2 rings (SSSR count). The maximum atomic E-state index is 5.21. The second-order valence-corrected chi connectivity index (χ2v) is 3.57. The number of nitrogens with one attached hydrogen (secondary N) is 1. The highest BCUT2D eigenvalue weighted by molar-refractivity contribution is 5.39. The maximum Gasteiger partial charge on any atom is 0.132 e. The van der Waals surface area contributed by atoms with Crippen LogP contribution in [-0.2, 0) is 4.74 Å². The van der Waals surface area contributed by atoms with Gasteiger partial charge in [-0.1, -0.05) is 0 Å². The van der Waals surface area contributed by atoms with Crippen molar-refractivity contribution in [1.29, 1.82) is 0 Å². The van der Waals surface area contributed by atoms with Crippen LogP contribution in [0.3, 0.4) is 0 Å². The second kappa shape index (κ2) is 5.04. The average molecular weight is 208 g/mol. The summed E-state index contributed by atoms with van der Waals surface area (Å²) >= 11 is 0. The molecule has 5 nitrogen and oxygen atoms in total. The van der Waals surface area contributed by atoms with Crippen molar-refractivity contribution >= 4 is 5.82 Å². The monoisotopic (exact) mass is 208 g/mol. The summed E-state index contributed by atoms with van der Waals surface area (Å²) < 4.78 is 5.21. The predicted octanol–water partition coefficient (Wildman–Crippen LogP) is -0.0988. The summed E-state index contributed by atoms with van der Waals surface area (Å²) in [7, 11) is 1.73. The minimum absolute atomic E-state index is 0.360. The molecular formula is C10H16N4O. The molecule has 1 aliphatic heterocycles. The van der Waals surface area contributed by atoms with E-state index in [-0.39, 0.29) is 0 Å². The lowest BCUT2D eigenvalue weighted by Gasteiger charge is -2.36. The summed E-state index contributed by atoms with van der Waals surface area (Å²) in [5.41, 5.74) is 0. The number of ether oxygens (including phenoxy) is 1. The van der Waals surface area contributed by atoms with Gasteiger partial charge in [0.05, 0.1) is 12.6 Å². The summed E-state index contributed by atoms with van der Waals surface area (Å²) in [5.74, 6) is 0.980. The molecule has 0 bridgehead atoms. The molecule has 0 spiro atoms. The summed E-state index contributed by atoms with van der Waals surface area (Å²) in [6, 6.07) is 2.30. The maximum absolute atomic E-state index is 5.21. The molecule has 0 amide bonds. The standard InChI is InChI=1S/C10H16N4O/c1-15-7-9-6-11-4-5-14(9)10-2-3-12-8-13-10/h2-3,8-9,11H,4-7H2,1H3/t9-/m1/s1. The Morgan fingerprint density at radius 2 is 2.60 bits per heavy atom. The van der Waals surface area contributed by atoms with E-state index in [0.29, 0.717) is 6.04 Å². The zero-order valence-electron chi connectivity index (χ0n) is 8.89. The molecule has 1 aliphatic rings. The van der Waals surface area contributed by atoms with Crippen molar-refractivity contribution in [3.8, 4) is 0 Å². The Balaban J connectivity index is 2.11. The Kier molecular flexibility index (Phi) is 3.47. The average Bonchev–Trinajstić information content (AvgIpc) is 2.31. The van der Waals surface area contributed by atoms with Crippen LogP contribution in [0.5, 0.6) is 0 Å². The van der Waals surface area contributed by atoms with E-state index in [1.807, 2.05) is 6.07 Å². The molecule has 1 aromatic rings. The van der Waals surface area contributed by atoms with E-state index in [1.54, 1.807) is 19.6 Å². The van der Waals surface area contributed by atoms with Crippen LogP contribution < -0.4 is 10.2 Å². The summed E-state index contributed by atoms with van der Waals surface area (Å²) in [4.78, 5) is 10.5. The van der Waals surface area contributed by atoms with Gasteiger partial charge in [-0.25, -0.2) is 9.97 Å². The summed E-state index contributed by atoms with van der Waals surface area (Å²) in [6.45, 7) is 3.62. The lowest BCUT2D eigenvalue weighted by atomic mass is 10.2. The molecule has 1 saturated heterocycles. The fraction of sp³-hybridized carbons (Fsp3) is 0.600. The minimum Gasteiger partial charge on any atom is -0.383 e. The Labute approximate surface area is 89.5 Å². The topological polar surface area (TPSA) is 50.3 Å². The molecule has 2 heterocycles. The van der Waals surface area contributed by atoms with E-state index in [9.17, 15) is 0 Å². The molecule has 0 radical (unpaired) electrons. The fourth-order valence-electron chi connectivity index (χ4n) is 1.86. The second-order valence-electron chi connectivity index (χ2n) is 3.57. The first kappa shape index (κ1) is 10.3. The number of hydrogen-bond donors (Lipinski definition) is 1. The van der Waals surface area contributed by atoms with E-state index in [4.69, 9.17) is 4.74 Å². The van der Waals surface area contributed by atoms with Crippen molar-refractivity contribution in [1.82, 2.24) is 15.3 Å². The van der Waals surface area contributed by atoms with Crippen molar-refractivity contribution < 1.29 is 4.74 Å². The van der Waals surface area contributed by atoms with E-state index in [0.717, 1.165) is 32.1 Å². The molecule has 1 atom stereocenters. The predicted molar refractivity (Wildman–Crippen MR) is 57.9 cm³/mol. The molecule has 82 valence electrons. The fourth-order valence-corrected chi connectivity index (χ4v) is 1.86. The Bertz CT molecular complexity index is 291. The van der Waals surface area contributed by atoms with Crippen molar-refractivity contribution in [2.24, 2.45) is 0 Å². The molecule has 0 aliphatic carbocycles. The first-order chi connectivity index (χ1) is 7.42. The van der Waals surface area contributed by atoms with Gasteiger partial charge in [0.15, 0.2) is 0 Å². The zero-order valence-corrected chi connectivity index (χ0v) is 8.89. The number of methoxy groups -OCH3 is 1. The van der Waals surface area contributed by atoms with E-state index in [2.05, 4.69) is 20.2 Å². The van der Waals surface area contributed by atoms with Crippen LogP contribution in [0.2, 0.25) is 0 Å². The first-order valence-corrected chi connectivity index (χ1v) is 5.14. The van der Waals surface area contributed by atoms with Gasteiger partial charge < -0.3 is 15.0 Å². The van der Waals surface area contributed by atoms with Gasteiger partial charge in [-0.05, 0) is 6.07 Å². The lowest BCUT2D eigenvalue weighted by molar-refractivity contribution is 0.170. The van der Waals surface area contributed by atoms with Crippen LogP contribution in [-0.4, -0.2) is 49.4 Å². The largest absolute Gasteiger partial charge is 0.383 e. The quantitative estimate of drug-likeness (QED) is 0.752. The van der Waals surface area contributed by atoms with Gasteiger partial charge in [0.25, 0.3) is 0 Å². The van der Waals surface area contributed by atoms with Gasteiger partial charge >= 0.3 is 0 Å². The van der Waals surface area contributed by atoms with Crippen LogP contribution in [0.1, 0.15) is 0 Å².